The number of rotatable bonds is 11. The number of allylic oxidation sites excluding steroid dienone is 2. The molecule has 3 fully saturated rings. The Balaban J connectivity index is 0.871. The minimum atomic E-state index is -0.747. The summed E-state index contributed by atoms with van der Waals surface area (Å²) in [5.74, 6) is 0.646. The number of carbonyl (C=O) groups is 4. The molecule has 0 spiro atoms. The number of alkyl carbamates (subject to hydrolysis) is 2. The lowest BCUT2D eigenvalue weighted by molar-refractivity contribution is -0.135. The molecular weight excluding hydrogens is 894 g/mol. The fraction of sp³-hybridized carbons (Fsp3) is 0.444. The number of nitrogens with zero attached hydrogens (tertiary/aromatic N) is 5. The van der Waals surface area contributed by atoms with E-state index in [2.05, 4.69) is 45.5 Å². The summed E-state index contributed by atoms with van der Waals surface area (Å²) in [5.41, 5.74) is 9.13. The van der Waals surface area contributed by atoms with Crippen LogP contribution >= 0.6 is 0 Å². The molecule has 0 radical (unpaired) electrons. The molecule has 1 aromatic heterocycles. The maximum Gasteiger partial charge on any atom is 0.407 e. The van der Waals surface area contributed by atoms with Crippen molar-refractivity contribution in [2.45, 2.75) is 109 Å². The van der Waals surface area contributed by atoms with Gasteiger partial charge in [0.2, 0.25) is 18.0 Å². The molecule has 2 N–H and O–H groups in total. The van der Waals surface area contributed by atoms with Crippen molar-refractivity contribution < 1.29 is 42.5 Å². The number of halogens is 1. The fourth-order valence-corrected chi connectivity index (χ4v) is 11.6. The lowest BCUT2D eigenvalue weighted by atomic mass is 9.95. The fourth-order valence-electron chi connectivity index (χ4n) is 11.6. The van der Waals surface area contributed by atoms with Gasteiger partial charge in [-0.15, -0.1) is 0 Å². The van der Waals surface area contributed by atoms with Crippen LogP contribution in [0.2, 0.25) is 0 Å². The predicted molar refractivity (Wildman–Crippen MR) is 262 cm³/mol. The molecule has 16 heteroatoms. The van der Waals surface area contributed by atoms with E-state index in [1.807, 2.05) is 61.9 Å². The number of amides is 4. The number of likely N-dealkylation sites (tertiary alicyclic amines) is 2. The molecule has 3 aromatic carbocycles. The molecule has 7 atom stereocenters. The number of carbonyl (C=O) groups excluding carboxylic acids is 4. The largest absolute Gasteiger partial charge is 0.493 e. The van der Waals surface area contributed by atoms with E-state index in [-0.39, 0.29) is 41.8 Å². The average Bonchev–Trinajstić information content (AvgIpc) is 4.12. The first-order valence-corrected chi connectivity index (χ1v) is 24.5. The summed E-state index contributed by atoms with van der Waals surface area (Å²) < 4.78 is 41.7. The molecule has 0 bridgehead atoms. The molecule has 15 nitrogen and oxygen atoms in total. The van der Waals surface area contributed by atoms with Gasteiger partial charge in [-0.3, -0.25) is 19.6 Å². The number of ether oxygens (including phenoxy) is 4. The van der Waals surface area contributed by atoms with Gasteiger partial charge in [-0.05, 0) is 108 Å². The van der Waals surface area contributed by atoms with Gasteiger partial charge in [0, 0.05) is 66.6 Å². The Labute approximate surface area is 405 Å². The van der Waals surface area contributed by atoms with Crippen LogP contribution in [0.3, 0.4) is 0 Å². The van der Waals surface area contributed by atoms with Crippen LogP contribution in [-0.4, -0.2) is 107 Å². The van der Waals surface area contributed by atoms with Gasteiger partial charge in [-0.25, -0.2) is 14.0 Å². The highest BCUT2D eigenvalue weighted by Gasteiger charge is 2.56. The molecule has 7 aliphatic rings. The van der Waals surface area contributed by atoms with Crippen LogP contribution in [0.5, 0.6) is 11.5 Å². The number of benzene rings is 3. The summed E-state index contributed by atoms with van der Waals surface area (Å²) in [6, 6.07) is 16.2. The number of aromatic nitrogens is 1. The van der Waals surface area contributed by atoms with Crippen molar-refractivity contribution in [1.82, 2.24) is 25.0 Å². The first-order valence-electron chi connectivity index (χ1n) is 24.5. The third-order valence-electron chi connectivity index (χ3n) is 15.3. The van der Waals surface area contributed by atoms with Crippen LogP contribution in [0.15, 0.2) is 77.0 Å². The summed E-state index contributed by atoms with van der Waals surface area (Å²) in [6.45, 7) is 8.77. The van der Waals surface area contributed by atoms with E-state index in [1.165, 1.54) is 14.2 Å². The molecule has 4 amide bonds. The zero-order chi connectivity index (χ0) is 48.7. The summed E-state index contributed by atoms with van der Waals surface area (Å²) >= 11 is 0. The average molecular weight is 952 g/mol. The standard InChI is InChI=1S/C54H58FN7O8/c1-27(2)48(58-53(65)67-5)50(63)60-14-7-8-41(60)38-19-36(26-56-38)32-17-37(55)47-44-22-33-16-30(11-12-40(33)62(44)52(70-46(47)24-32)31-10-9-29-13-15-69-45(29)23-31)35-18-39(57-25-35)43-21-34-20-42(34)61(43)51(64)49(28(3)4)59-54(66)68-6/h9-12,16-17,22-28,34,41-43,48-49,52H,7-8,13-15,18-21H2,1-6H3,(H,58,65)(H,59,66)/t34-,41+,42-,43+,48+,49+,52?/m1/s1. The Kier molecular flexibility index (Phi) is 11.5. The molecule has 1 saturated carbocycles. The molecule has 4 aromatic rings. The second kappa shape index (κ2) is 17.8. The minimum Gasteiger partial charge on any atom is -0.493 e. The number of piperidine rings is 1. The van der Waals surface area contributed by atoms with Gasteiger partial charge < -0.3 is 43.9 Å². The first-order chi connectivity index (χ1) is 33.8. The maximum absolute atomic E-state index is 17.0. The van der Waals surface area contributed by atoms with Crippen LogP contribution in [0.25, 0.3) is 33.3 Å². The third-order valence-corrected chi connectivity index (χ3v) is 15.3. The van der Waals surface area contributed by atoms with Crippen LogP contribution in [0.1, 0.15) is 94.7 Å². The topological polar surface area (TPSA) is 165 Å². The molecule has 70 heavy (non-hydrogen) atoms. The molecule has 1 aliphatic carbocycles. The van der Waals surface area contributed by atoms with E-state index in [1.54, 1.807) is 12.3 Å². The highest BCUT2D eigenvalue weighted by molar-refractivity contribution is 6.06. The van der Waals surface area contributed by atoms with Crippen LogP contribution in [0.4, 0.5) is 14.0 Å². The monoisotopic (exact) mass is 951 g/mol. The lowest BCUT2D eigenvalue weighted by Gasteiger charge is -2.33. The second-order valence-electron chi connectivity index (χ2n) is 20.3. The molecule has 7 heterocycles. The Hall–Kier alpha value is -6.97. The van der Waals surface area contributed by atoms with Crippen molar-refractivity contribution in [3.8, 4) is 22.8 Å². The number of nitrogens with one attached hydrogen (secondary N) is 2. The van der Waals surface area contributed by atoms with Gasteiger partial charge in [-0.1, -0.05) is 45.9 Å². The van der Waals surface area contributed by atoms with E-state index in [0.717, 1.165) is 88.0 Å². The Bertz CT molecular complexity index is 2990. The van der Waals surface area contributed by atoms with Crippen LogP contribution in [-0.2, 0) is 25.5 Å². The lowest BCUT2D eigenvalue weighted by Crippen LogP contribution is -2.54. The number of hydrogen-bond acceptors (Lipinski definition) is 10. The smallest absolute Gasteiger partial charge is 0.407 e. The minimum absolute atomic E-state index is 0.104. The quantitative estimate of drug-likeness (QED) is 0.151. The number of aliphatic imine (C=N–C) groups is 2. The molecular formula is C54H58FN7O8. The SMILES string of the molecule is COC(=O)N[C@H](C(=O)N1CCC[C@H]1C1=NC=C(c2cc(F)c3c(c2)OC(c2ccc4c(c2)OCC4)n2c-3cc3cc(C4=CN=C([C@@H]5C[C@H]6C[C@H]6N5C(=O)[C@@H](NC(=O)OC)C(C)C)C4)ccc32)C1)C(C)C. The van der Waals surface area contributed by atoms with Crippen molar-refractivity contribution in [3.05, 3.63) is 95.1 Å². The highest BCUT2D eigenvalue weighted by Crippen LogP contribution is 2.51. The first kappa shape index (κ1) is 45.5. The summed E-state index contributed by atoms with van der Waals surface area (Å²) in [7, 11) is 2.58. The van der Waals surface area contributed by atoms with E-state index in [4.69, 9.17) is 28.9 Å². The normalized spacial score (nSPS) is 23.6. The van der Waals surface area contributed by atoms with E-state index < -0.39 is 36.3 Å². The number of methoxy groups -OCH3 is 2. The van der Waals surface area contributed by atoms with Crippen molar-refractivity contribution in [3.63, 3.8) is 0 Å². The van der Waals surface area contributed by atoms with Crippen molar-refractivity contribution >= 4 is 57.5 Å². The molecule has 6 aliphatic heterocycles. The summed E-state index contributed by atoms with van der Waals surface area (Å²) in [5, 5.41) is 6.38. The van der Waals surface area contributed by atoms with Gasteiger partial charge in [0.05, 0.1) is 49.7 Å². The van der Waals surface area contributed by atoms with E-state index in [9.17, 15) is 19.2 Å². The summed E-state index contributed by atoms with van der Waals surface area (Å²) in [4.78, 5) is 65.9. The Morgan fingerprint density at radius 3 is 2.20 bits per heavy atom. The molecule has 11 rings (SSSR count). The second-order valence-corrected chi connectivity index (χ2v) is 20.3. The zero-order valence-corrected chi connectivity index (χ0v) is 40.3. The van der Waals surface area contributed by atoms with E-state index in [0.29, 0.717) is 54.5 Å². The Morgan fingerprint density at radius 2 is 1.49 bits per heavy atom. The van der Waals surface area contributed by atoms with E-state index >= 15 is 4.39 Å². The maximum atomic E-state index is 17.0. The van der Waals surface area contributed by atoms with Gasteiger partial charge >= 0.3 is 12.2 Å². The van der Waals surface area contributed by atoms with Gasteiger partial charge in [0.15, 0.2) is 0 Å². The van der Waals surface area contributed by atoms with Crippen molar-refractivity contribution in [2.75, 3.05) is 27.4 Å². The van der Waals surface area contributed by atoms with Gasteiger partial charge in [0.25, 0.3) is 0 Å². The van der Waals surface area contributed by atoms with Crippen molar-refractivity contribution in [1.29, 1.82) is 0 Å². The van der Waals surface area contributed by atoms with Gasteiger partial charge in [0.1, 0.15) is 29.4 Å². The molecule has 1 unspecified atom stereocenters. The zero-order valence-electron chi connectivity index (χ0n) is 40.3. The molecule has 2 saturated heterocycles. The Morgan fingerprint density at radius 1 is 0.786 bits per heavy atom. The summed E-state index contributed by atoms with van der Waals surface area (Å²) in [6.07, 6.45) is 6.91. The van der Waals surface area contributed by atoms with Crippen LogP contribution < -0.4 is 20.1 Å². The number of hydrogen-bond donors (Lipinski definition) is 2. The van der Waals surface area contributed by atoms with Crippen LogP contribution in [0, 0.1) is 23.6 Å². The highest BCUT2D eigenvalue weighted by atomic mass is 19.1. The molecule has 364 valence electrons. The third kappa shape index (κ3) is 7.88. The van der Waals surface area contributed by atoms with Crippen molar-refractivity contribution in [2.24, 2.45) is 27.7 Å². The number of fused-ring (bicyclic) bond motifs is 7. The predicted octanol–water partition coefficient (Wildman–Crippen LogP) is 8.43. The van der Waals surface area contributed by atoms with Gasteiger partial charge in [-0.2, -0.15) is 0 Å².